The average Bonchev–Trinajstić information content (AvgIpc) is 2.50. The molecule has 0 aliphatic rings. The highest BCUT2D eigenvalue weighted by Crippen LogP contribution is 1.93. The van der Waals surface area contributed by atoms with Crippen LogP contribution in [0.1, 0.15) is 5.76 Å². The Bertz CT molecular complexity index is 175. The highest BCUT2D eigenvalue weighted by molar-refractivity contribution is 4.86. The molecule has 0 saturated carbocycles. The molecule has 0 aliphatic heterocycles. The van der Waals surface area contributed by atoms with Crippen LogP contribution in [0.25, 0.3) is 0 Å². The standard InChI is InChI=1S/C7H12N2O2/c1-10-3-2-8-4-7-5-9-6-11-7/h5-6,8H,2-4H2,1H3. The smallest absolute Gasteiger partial charge is 0.180 e. The summed E-state index contributed by atoms with van der Waals surface area (Å²) in [6, 6.07) is 0. The Labute approximate surface area is 65.6 Å². The summed E-state index contributed by atoms with van der Waals surface area (Å²) in [5, 5.41) is 3.13. The van der Waals surface area contributed by atoms with E-state index in [9.17, 15) is 0 Å². The van der Waals surface area contributed by atoms with Crippen molar-refractivity contribution < 1.29 is 9.15 Å². The normalized spacial score (nSPS) is 10.3. The van der Waals surface area contributed by atoms with Gasteiger partial charge in [-0.2, -0.15) is 0 Å². The van der Waals surface area contributed by atoms with E-state index < -0.39 is 0 Å². The van der Waals surface area contributed by atoms with Crippen molar-refractivity contribution in [2.24, 2.45) is 0 Å². The van der Waals surface area contributed by atoms with Crippen LogP contribution in [0.15, 0.2) is 17.0 Å². The van der Waals surface area contributed by atoms with E-state index in [1.165, 1.54) is 6.39 Å². The van der Waals surface area contributed by atoms with Crippen LogP contribution in [0.2, 0.25) is 0 Å². The fraction of sp³-hybridized carbons (Fsp3) is 0.571. The Morgan fingerprint density at radius 1 is 1.73 bits per heavy atom. The van der Waals surface area contributed by atoms with Crippen LogP contribution in [0.4, 0.5) is 0 Å². The van der Waals surface area contributed by atoms with Gasteiger partial charge < -0.3 is 14.5 Å². The van der Waals surface area contributed by atoms with E-state index in [1.807, 2.05) is 0 Å². The van der Waals surface area contributed by atoms with Gasteiger partial charge in [-0.3, -0.25) is 0 Å². The van der Waals surface area contributed by atoms with Crippen molar-refractivity contribution >= 4 is 0 Å². The molecule has 0 fully saturated rings. The highest BCUT2D eigenvalue weighted by atomic mass is 16.5. The maximum absolute atomic E-state index is 5.00. The van der Waals surface area contributed by atoms with Crippen LogP contribution in [0.5, 0.6) is 0 Å². The minimum Gasteiger partial charge on any atom is -0.447 e. The van der Waals surface area contributed by atoms with Crippen LogP contribution in [0, 0.1) is 0 Å². The lowest BCUT2D eigenvalue weighted by Crippen LogP contribution is -2.18. The van der Waals surface area contributed by atoms with Crippen molar-refractivity contribution in [3.63, 3.8) is 0 Å². The lowest BCUT2D eigenvalue weighted by molar-refractivity contribution is 0.198. The molecular formula is C7H12N2O2. The molecule has 1 aromatic heterocycles. The minimum atomic E-state index is 0.712. The second kappa shape index (κ2) is 4.87. The van der Waals surface area contributed by atoms with Gasteiger partial charge in [-0.15, -0.1) is 0 Å². The monoisotopic (exact) mass is 156 g/mol. The van der Waals surface area contributed by atoms with Crippen molar-refractivity contribution in [1.82, 2.24) is 10.3 Å². The summed E-state index contributed by atoms with van der Waals surface area (Å²) in [4.78, 5) is 3.78. The van der Waals surface area contributed by atoms with Crippen LogP contribution in [0.3, 0.4) is 0 Å². The third-order valence-corrected chi connectivity index (χ3v) is 1.27. The average molecular weight is 156 g/mol. The number of ether oxygens (including phenoxy) is 1. The first-order chi connectivity index (χ1) is 5.43. The number of hydrogen-bond donors (Lipinski definition) is 1. The summed E-state index contributed by atoms with van der Waals surface area (Å²) in [5.41, 5.74) is 0. The number of nitrogens with one attached hydrogen (secondary N) is 1. The maximum Gasteiger partial charge on any atom is 0.180 e. The summed E-state index contributed by atoms with van der Waals surface area (Å²) < 4.78 is 9.85. The van der Waals surface area contributed by atoms with E-state index in [0.29, 0.717) is 13.2 Å². The fourth-order valence-corrected chi connectivity index (χ4v) is 0.715. The van der Waals surface area contributed by atoms with Gasteiger partial charge >= 0.3 is 0 Å². The third-order valence-electron chi connectivity index (χ3n) is 1.27. The van der Waals surface area contributed by atoms with Gasteiger partial charge in [0.1, 0.15) is 5.76 Å². The first-order valence-electron chi connectivity index (χ1n) is 3.50. The largest absolute Gasteiger partial charge is 0.447 e. The molecule has 0 aliphatic carbocycles. The Morgan fingerprint density at radius 2 is 2.64 bits per heavy atom. The van der Waals surface area contributed by atoms with Gasteiger partial charge in [0.15, 0.2) is 6.39 Å². The van der Waals surface area contributed by atoms with Crippen molar-refractivity contribution in [2.45, 2.75) is 6.54 Å². The zero-order chi connectivity index (χ0) is 7.94. The van der Waals surface area contributed by atoms with Crippen LogP contribution in [-0.2, 0) is 11.3 Å². The zero-order valence-electron chi connectivity index (χ0n) is 6.54. The van der Waals surface area contributed by atoms with Gasteiger partial charge in [-0.1, -0.05) is 0 Å². The second-order valence-corrected chi connectivity index (χ2v) is 2.14. The molecule has 11 heavy (non-hydrogen) atoms. The first-order valence-corrected chi connectivity index (χ1v) is 3.50. The molecule has 0 atom stereocenters. The van der Waals surface area contributed by atoms with Crippen molar-refractivity contribution in [1.29, 1.82) is 0 Å². The van der Waals surface area contributed by atoms with Gasteiger partial charge in [0.05, 0.1) is 19.3 Å². The molecule has 0 radical (unpaired) electrons. The van der Waals surface area contributed by atoms with Crippen LogP contribution >= 0.6 is 0 Å². The molecule has 0 unspecified atom stereocenters. The van der Waals surface area contributed by atoms with E-state index in [-0.39, 0.29) is 0 Å². The topological polar surface area (TPSA) is 47.3 Å². The molecule has 0 bridgehead atoms. The Morgan fingerprint density at radius 3 is 3.27 bits per heavy atom. The quantitative estimate of drug-likeness (QED) is 0.627. The summed E-state index contributed by atoms with van der Waals surface area (Å²) in [5.74, 6) is 0.848. The van der Waals surface area contributed by atoms with E-state index in [1.54, 1.807) is 13.3 Å². The summed E-state index contributed by atoms with van der Waals surface area (Å²) >= 11 is 0. The van der Waals surface area contributed by atoms with E-state index in [0.717, 1.165) is 12.3 Å². The van der Waals surface area contributed by atoms with E-state index in [2.05, 4.69) is 10.3 Å². The lowest BCUT2D eigenvalue weighted by Gasteiger charge is -1.99. The van der Waals surface area contributed by atoms with Crippen molar-refractivity contribution in [3.05, 3.63) is 18.4 Å². The first kappa shape index (κ1) is 8.23. The Kier molecular flexibility index (Phi) is 3.64. The molecule has 0 saturated heterocycles. The van der Waals surface area contributed by atoms with E-state index in [4.69, 9.17) is 9.15 Å². The molecule has 1 N–H and O–H groups in total. The minimum absolute atomic E-state index is 0.712. The van der Waals surface area contributed by atoms with Gasteiger partial charge in [-0.05, 0) is 0 Å². The SMILES string of the molecule is COCCNCc1cnco1. The molecule has 1 rings (SSSR count). The molecule has 4 nitrogen and oxygen atoms in total. The van der Waals surface area contributed by atoms with Gasteiger partial charge in [0.25, 0.3) is 0 Å². The van der Waals surface area contributed by atoms with Crippen LogP contribution in [-0.4, -0.2) is 25.2 Å². The van der Waals surface area contributed by atoms with Crippen molar-refractivity contribution in [3.8, 4) is 0 Å². The second-order valence-electron chi connectivity index (χ2n) is 2.14. The third kappa shape index (κ3) is 3.15. The molecule has 1 heterocycles. The molecule has 4 heteroatoms. The number of nitrogens with zero attached hydrogens (tertiary/aromatic N) is 1. The van der Waals surface area contributed by atoms with Crippen LogP contribution < -0.4 is 5.32 Å². The molecular weight excluding hydrogens is 144 g/mol. The predicted molar refractivity (Wildman–Crippen MR) is 40.1 cm³/mol. The number of methoxy groups -OCH3 is 1. The van der Waals surface area contributed by atoms with Gasteiger partial charge in [0, 0.05) is 13.7 Å². The Hall–Kier alpha value is -0.870. The number of hydrogen-bond acceptors (Lipinski definition) is 4. The number of aromatic nitrogens is 1. The number of oxazole rings is 1. The van der Waals surface area contributed by atoms with Gasteiger partial charge in [-0.25, -0.2) is 4.98 Å². The molecule has 0 spiro atoms. The predicted octanol–water partition coefficient (Wildman–Crippen LogP) is 0.411. The lowest BCUT2D eigenvalue weighted by atomic mass is 10.5. The summed E-state index contributed by atoms with van der Waals surface area (Å²) in [7, 11) is 1.68. The molecule has 0 amide bonds. The zero-order valence-corrected chi connectivity index (χ0v) is 6.54. The summed E-state index contributed by atoms with van der Waals surface area (Å²) in [6.45, 7) is 2.26. The molecule has 1 aromatic rings. The molecule has 0 aromatic carbocycles. The van der Waals surface area contributed by atoms with Gasteiger partial charge in [0.2, 0.25) is 0 Å². The maximum atomic E-state index is 5.00. The number of rotatable bonds is 5. The van der Waals surface area contributed by atoms with E-state index >= 15 is 0 Å². The Balaban J connectivity index is 2.04. The summed E-state index contributed by atoms with van der Waals surface area (Å²) in [6.07, 6.45) is 3.12. The van der Waals surface area contributed by atoms with Crippen molar-refractivity contribution in [2.75, 3.05) is 20.3 Å². The highest BCUT2D eigenvalue weighted by Gasteiger charge is 1.93. The molecule has 62 valence electrons. The fourth-order valence-electron chi connectivity index (χ4n) is 0.715.